The zero-order valence-electron chi connectivity index (χ0n) is 20.6. The third-order valence-electron chi connectivity index (χ3n) is 6.10. The molecule has 1 heterocycles. The second kappa shape index (κ2) is 11.9. The number of hydrogen-bond donors (Lipinski definition) is 0. The molecule has 0 radical (unpaired) electrons. The van der Waals surface area contributed by atoms with Gasteiger partial charge in [0.05, 0.1) is 20.9 Å². The van der Waals surface area contributed by atoms with Gasteiger partial charge in [-0.2, -0.15) is 0 Å². The molecular weight excluding hydrogens is 466 g/mol. The van der Waals surface area contributed by atoms with E-state index in [0.717, 1.165) is 41.8 Å². The minimum Gasteiger partial charge on any atom is -0.302 e. The van der Waals surface area contributed by atoms with E-state index in [1.54, 1.807) is 29.2 Å². The largest absolute Gasteiger partial charge is 0.302 e. The highest BCUT2D eigenvalue weighted by Gasteiger charge is 2.22. The standard InChI is InChI=1S/C26H35N3O3S2/c1-5-21-12-15-23-24(19-21)33-26(27-23)29(17-16-28(6-2)7-3)25(30)9-8-18-34(31,32)22-13-10-20(4)11-14-22/h10-15,19H,5-9,16-18H2,1-4H3. The maximum absolute atomic E-state index is 13.3. The minimum absolute atomic E-state index is 0.0502. The summed E-state index contributed by atoms with van der Waals surface area (Å²) < 4.78 is 26.5. The first-order chi connectivity index (χ1) is 16.3. The number of thiazole rings is 1. The SMILES string of the molecule is CCc1ccc2nc(N(CCN(CC)CC)C(=O)CCCS(=O)(=O)c3ccc(C)cc3)sc2c1. The number of rotatable bonds is 12. The molecule has 1 aromatic heterocycles. The molecule has 0 bridgehead atoms. The van der Waals surface area contributed by atoms with Crippen LogP contribution < -0.4 is 4.90 Å². The van der Waals surface area contributed by atoms with E-state index < -0.39 is 9.84 Å². The molecule has 0 fully saturated rings. The van der Waals surface area contributed by atoms with Crippen molar-refractivity contribution in [2.45, 2.75) is 51.9 Å². The molecule has 0 aliphatic rings. The molecule has 3 rings (SSSR count). The lowest BCUT2D eigenvalue weighted by Crippen LogP contribution is -2.38. The van der Waals surface area contributed by atoms with Crippen LogP contribution in [0.5, 0.6) is 0 Å². The topological polar surface area (TPSA) is 70.6 Å². The summed E-state index contributed by atoms with van der Waals surface area (Å²) in [5.74, 6) is -0.133. The number of nitrogens with zero attached hydrogens (tertiary/aromatic N) is 3. The van der Waals surface area contributed by atoms with Gasteiger partial charge in [-0.1, -0.05) is 55.9 Å². The van der Waals surface area contributed by atoms with Crippen molar-refractivity contribution in [1.29, 1.82) is 0 Å². The van der Waals surface area contributed by atoms with Gasteiger partial charge in [0.15, 0.2) is 15.0 Å². The summed E-state index contributed by atoms with van der Waals surface area (Å²) in [6.45, 7) is 11.4. The van der Waals surface area contributed by atoms with Crippen LogP contribution in [0.15, 0.2) is 47.4 Å². The fourth-order valence-electron chi connectivity index (χ4n) is 3.81. The smallest absolute Gasteiger partial charge is 0.228 e. The van der Waals surface area contributed by atoms with Gasteiger partial charge in [0, 0.05) is 19.5 Å². The van der Waals surface area contributed by atoms with Crippen LogP contribution in [0.25, 0.3) is 10.2 Å². The summed E-state index contributed by atoms with van der Waals surface area (Å²) in [6, 6.07) is 13.1. The van der Waals surface area contributed by atoms with E-state index in [0.29, 0.717) is 16.6 Å². The molecule has 34 heavy (non-hydrogen) atoms. The van der Waals surface area contributed by atoms with Gasteiger partial charge in [-0.3, -0.25) is 9.69 Å². The molecule has 0 aliphatic heterocycles. The van der Waals surface area contributed by atoms with Gasteiger partial charge in [0.25, 0.3) is 0 Å². The monoisotopic (exact) mass is 501 g/mol. The third kappa shape index (κ3) is 6.64. The van der Waals surface area contributed by atoms with Crippen molar-refractivity contribution < 1.29 is 13.2 Å². The fraction of sp³-hybridized carbons (Fsp3) is 0.462. The Morgan fingerprint density at radius 2 is 1.71 bits per heavy atom. The van der Waals surface area contributed by atoms with Gasteiger partial charge in [0.2, 0.25) is 5.91 Å². The number of benzene rings is 2. The Morgan fingerprint density at radius 1 is 1.00 bits per heavy atom. The number of fused-ring (bicyclic) bond motifs is 1. The lowest BCUT2D eigenvalue weighted by atomic mass is 10.2. The Kier molecular flexibility index (Phi) is 9.22. The molecule has 0 saturated carbocycles. The molecule has 184 valence electrons. The number of carbonyl (C=O) groups excluding carboxylic acids is 1. The first-order valence-electron chi connectivity index (χ1n) is 12.0. The van der Waals surface area contributed by atoms with Crippen molar-refractivity contribution >= 4 is 42.4 Å². The Labute approximate surface area is 207 Å². The number of amides is 1. The maximum Gasteiger partial charge on any atom is 0.228 e. The second-order valence-corrected chi connectivity index (χ2v) is 11.6. The molecule has 0 unspecified atom stereocenters. The molecule has 6 nitrogen and oxygen atoms in total. The van der Waals surface area contributed by atoms with Crippen molar-refractivity contribution in [3.63, 3.8) is 0 Å². The van der Waals surface area contributed by atoms with Crippen molar-refractivity contribution in [1.82, 2.24) is 9.88 Å². The lowest BCUT2D eigenvalue weighted by molar-refractivity contribution is -0.118. The predicted molar refractivity (Wildman–Crippen MR) is 142 cm³/mol. The highest BCUT2D eigenvalue weighted by molar-refractivity contribution is 7.91. The van der Waals surface area contributed by atoms with E-state index in [-0.39, 0.29) is 24.5 Å². The molecular formula is C26H35N3O3S2. The van der Waals surface area contributed by atoms with Crippen LogP contribution in [0.1, 0.15) is 44.7 Å². The number of aromatic nitrogens is 1. The zero-order valence-corrected chi connectivity index (χ0v) is 22.2. The van der Waals surface area contributed by atoms with Gasteiger partial charge in [-0.15, -0.1) is 0 Å². The van der Waals surface area contributed by atoms with Crippen molar-refractivity contribution in [3.05, 3.63) is 53.6 Å². The molecule has 0 aliphatic carbocycles. The van der Waals surface area contributed by atoms with E-state index in [1.807, 2.05) is 13.0 Å². The van der Waals surface area contributed by atoms with Gasteiger partial charge in [-0.25, -0.2) is 13.4 Å². The Balaban J connectivity index is 1.74. The Bertz CT molecular complexity index is 1200. The summed E-state index contributed by atoms with van der Waals surface area (Å²) in [6.07, 6.45) is 1.39. The lowest BCUT2D eigenvalue weighted by Gasteiger charge is -2.24. The third-order valence-corrected chi connectivity index (χ3v) is 8.96. The molecule has 3 aromatic rings. The average molecular weight is 502 g/mol. The Morgan fingerprint density at radius 3 is 2.35 bits per heavy atom. The number of likely N-dealkylation sites (N-methyl/N-ethyl adjacent to an activating group) is 1. The van der Waals surface area contributed by atoms with E-state index >= 15 is 0 Å². The van der Waals surface area contributed by atoms with Crippen LogP contribution in [0.3, 0.4) is 0 Å². The van der Waals surface area contributed by atoms with E-state index in [1.165, 1.54) is 16.9 Å². The van der Waals surface area contributed by atoms with Gasteiger partial charge >= 0.3 is 0 Å². The van der Waals surface area contributed by atoms with Gasteiger partial charge in [0.1, 0.15) is 0 Å². The summed E-state index contributed by atoms with van der Waals surface area (Å²) >= 11 is 1.52. The first kappa shape index (κ1) is 26.3. The van der Waals surface area contributed by atoms with Crippen LogP contribution in [-0.4, -0.2) is 56.1 Å². The second-order valence-electron chi connectivity index (χ2n) is 8.46. The summed E-state index contributed by atoms with van der Waals surface area (Å²) in [7, 11) is -3.42. The van der Waals surface area contributed by atoms with Crippen LogP contribution >= 0.6 is 11.3 Å². The summed E-state index contributed by atoms with van der Waals surface area (Å²) in [4.78, 5) is 22.3. The van der Waals surface area contributed by atoms with Gasteiger partial charge < -0.3 is 4.90 Å². The fourth-order valence-corrected chi connectivity index (χ4v) is 6.20. The molecule has 0 N–H and O–H groups in total. The van der Waals surface area contributed by atoms with Crippen molar-refractivity contribution in [2.24, 2.45) is 0 Å². The van der Waals surface area contributed by atoms with E-state index in [9.17, 15) is 13.2 Å². The molecule has 1 amide bonds. The summed E-state index contributed by atoms with van der Waals surface area (Å²) in [5, 5.41) is 0.682. The number of aryl methyl sites for hydroxylation is 2. The van der Waals surface area contributed by atoms with Crippen molar-refractivity contribution in [2.75, 3.05) is 36.8 Å². The number of anilines is 1. The summed E-state index contributed by atoms with van der Waals surface area (Å²) in [5.41, 5.74) is 3.14. The van der Waals surface area contributed by atoms with E-state index in [4.69, 9.17) is 4.98 Å². The molecule has 0 spiro atoms. The van der Waals surface area contributed by atoms with Crippen LogP contribution in [0.2, 0.25) is 0 Å². The normalized spacial score (nSPS) is 11.9. The number of carbonyl (C=O) groups is 1. The van der Waals surface area contributed by atoms with Crippen LogP contribution in [-0.2, 0) is 21.1 Å². The molecule has 0 saturated heterocycles. The highest BCUT2D eigenvalue weighted by atomic mass is 32.2. The van der Waals surface area contributed by atoms with Crippen molar-refractivity contribution in [3.8, 4) is 0 Å². The number of hydrogen-bond acceptors (Lipinski definition) is 6. The molecule has 0 atom stereocenters. The first-order valence-corrected chi connectivity index (χ1v) is 14.5. The molecule has 8 heteroatoms. The number of sulfone groups is 1. The van der Waals surface area contributed by atoms with Crippen LogP contribution in [0.4, 0.5) is 5.13 Å². The zero-order chi connectivity index (χ0) is 24.7. The Hall–Kier alpha value is -2.29. The quantitative estimate of drug-likeness (QED) is 0.345. The minimum atomic E-state index is -3.42. The highest BCUT2D eigenvalue weighted by Crippen LogP contribution is 2.30. The average Bonchev–Trinajstić information content (AvgIpc) is 3.24. The molecule has 2 aromatic carbocycles. The van der Waals surface area contributed by atoms with Crippen LogP contribution in [0, 0.1) is 6.92 Å². The van der Waals surface area contributed by atoms with E-state index in [2.05, 4.69) is 37.8 Å². The van der Waals surface area contributed by atoms with Gasteiger partial charge in [-0.05, 0) is 62.7 Å². The predicted octanol–water partition coefficient (Wildman–Crippen LogP) is 5.10. The maximum atomic E-state index is 13.3.